The lowest BCUT2D eigenvalue weighted by Crippen LogP contribution is -2.49. The number of benzene rings is 3. The number of anilines is 3. The number of nitriles is 1. The highest BCUT2D eigenvalue weighted by molar-refractivity contribution is 6.31. The fourth-order valence-electron chi connectivity index (χ4n) is 3.81. The van der Waals surface area contributed by atoms with Gasteiger partial charge in [-0.15, -0.1) is 0 Å². The first kappa shape index (κ1) is 19.4. The first-order chi connectivity index (χ1) is 14.0. The molecule has 0 spiro atoms. The van der Waals surface area contributed by atoms with Crippen LogP contribution >= 0.6 is 23.2 Å². The quantitative estimate of drug-likeness (QED) is 0.564. The number of hydrogen-bond acceptors (Lipinski definition) is 4. The molecular formula is C23H20Cl2N4. The van der Waals surface area contributed by atoms with Crippen molar-refractivity contribution in [2.24, 2.45) is 0 Å². The van der Waals surface area contributed by atoms with Gasteiger partial charge in [-0.25, -0.2) is 0 Å². The Kier molecular flexibility index (Phi) is 5.53. The maximum atomic E-state index is 9.06. The molecule has 1 atom stereocenters. The van der Waals surface area contributed by atoms with E-state index in [-0.39, 0.29) is 6.04 Å². The zero-order valence-corrected chi connectivity index (χ0v) is 17.2. The smallest absolute Gasteiger partial charge is 0.0991 e. The molecule has 29 heavy (non-hydrogen) atoms. The number of halogens is 2. The summed E-state index contributed by atoms with van der Waals surface area (Å²) in [6, 6.07) is 23.6. The minimum Gasteiger partial charge on any atom is -0.397 e. The van der Waals surface area contributed by atoms with Gasteiger partial charge >= 0.3 is 0 Å². The van der Waals surface area contributed by atoms with Gasteiger partial charge < -0.3 is 15.5 Å². The van der Waals surface area contributed by atoms with Gasteiger partial charge in [-0.2, -0.15) is 5.26 Å². The minimum atomic E-state index is 0.0973. The molecule has 1 heterocycles. The first-order valence-corrected chi connectivity index (χ1v) is 10.1. The van der Waals surface area contributed by atoms with Crippen LogP contribution < -0.4 is 15.5 Å². The Morgan fingerprint density at radius 3 is 2.24 bits per heavy atom. The Hall–Kier alpha value is -2.87. The molecule has 0 amide bonds. The predicted molar refractivity (Wildman–Crippen MR) is 121 cm³/mol. The normalized spacial score (nSPS) is 16.5. The van der Waals surface area contributed by atoms with E-state index < -0.39 is 0 Å². The summed E-state index contributed by atoms with van der Waals surface area (Å²) in [7, 11) is 0. The van der Waals surface area contributed by atoms with Crippen LogP contribution in [0.4, 0.5) is 17.1 Å². The number of rotatable bonds is 3. The van der Waals surface area contributed by atoms with Gasteiger partial charge in [0, 0.05) is 35.4 Å². The fraction of sp³-hybridized carbons (Fsp3) is 0.174. The molecule has 4 rings (SSSR count). The summed E-state index contributed by atoms with van der Waals surface area (Å²) in [5.74, 6) is 0. The standard InChI is InChI=1S/C23H20Cl2N4/c24-18-5-3-17(4-6-18)23-15-28(20-8-1-16(14-26)2-9-20)11-12-29(23)22-10-7-19(25)13-21(22)27/h1-10,13,23H,11-12,15,27H2/t23-/m0/s1. The van der Waals surface area contributed by atoms with Crippen molar-refractivity contribution in [3.8, 4) is 6.07 Å². The Morgan fingerprint density at radius 1 is 0.897 bits per heavy atom. The van der Waals surface area contributed by atoms with E-state index in [2.05, 4.69) is 28.0 Å². The monoisotopic (exact) mass is 422 g/mol. The van der Waals surface area contributed by atoms with Crippen LogP contribution in [0.15, 0.2) is 66.7 Å². The van der Waals surface area contributed by atoms with Crippen LogP contribution in [0.2, 0.25) is 10.0 Å². The maximum absolute atomic E-state index is 9.06. The predicted octanol–water partition coefficient (Wildman–Crippen LogP) is 5.52. The Bertz CT molecular complexity index is 1040. The highest BCUT2D eigenvalue weighted by Crippen LogP contribution is 2.37. The third-order valence-corrected chi connectivity index (χ3v) is 5.78. The van der Waals surface area contributed by atoms with Crippen molar-refractivity contribution >= 4 is 40.3 Å². The van der Waals surface area contributed by atoms with Crippen molar-refractivity contribution in [2.75, 3.05) is 35.2 Å². The van der Waals surface area contributed by atoms with Crippen molar-refractivity contribution in [3.05, 3.63) is 87.9 Å². The maximum Gasteiger partial charge on any atom is 0.0991 e. The first-order valence-electron chi connectivity index (χ1n) is 9.37. The van der Waals surface area contributed by atoms with Crippen LogP contribution in [0.1, 0.15) is 17.2 Å². The second-order valence-electron chi connectivity index (χ2n) is 7.07. The number of nitrogen functional groups attached to an aromatic ring is 1. The van der Waals surface area contributed by atoms with Gasteiger partial charge in [0.1, 0.15) is 0 Å². The van der Waals surface area contributed by atoms with Crippen LogP contribution in [0.3, 0.4) is 0 Å². The van der Waals surface area contributed by atoms with Gasteiger partial charge in [-0.1, -0.05) is 35.3 Å². The second-order valence-corrected chi connectivity index (χ2v) is 7.94. The van der Waals surface area contributed by atoms with E-state index in [1.807, 2.05) is 48.5 Å². The van der Waals surface area contributed by atoms with Crippen molar-refractivity contribution < 1.29 is 0 Å². The largest absolute Gasteiger partial charge is 0.397 e. The number of piperazine rings is 1. The van der Waals surface area contributed by atoms with E-state index in [1.165, 1.54) is 5.56 Å². The van der Waals surface area contributed by atoms with E-state index in [9.17, 15) is 0 Å². The molecule has 0 saturated carbocycles. The highest BCUT2D eigenvalue weighted by atomic mass is 35.5. The van der Waals surface area contributed by atoms with Gasteiger partial charge in [0.25, 0.3) is 0 Å². The third kappa shape index (κ3) is 4.12. The molecule has 1 saturated heterocycles. The molecule has 6 heteroatoms. The Balaban J connectivity index is 1.69. The van der Waals surface area contributed by atoms with Crippen LogP contribution in [0.5, 0.6) is 0 Å². The summed E-state index contributed by atoms with van der Waals surface area (Å²) in [6.07, 6.45) is 0. The summed E-state index contributed by atoms with van der Waals surface area (Å²) >= 11 is 12.2. The van der Waals surface area contributed by atoms with Crippen LogP contribution in [-0.2, 0) is 0 Å². The molecule has 1 aliphatic heterocycles. The fourth-order valence-corrected chi connectivity index (χ4v) is 4.12. The van der Waals surface area contributed by atoms with Gasteiger partial charge in [0.2, 0.25) is 0 Å². The molecule has 1 aliphatic rings. The summed E-state index contributed by atoms with van der Waals surface area (Å²) in [4.78, 5) is 4.66. The molecular weight excluding hydrogens is 403 g/mol. The molecule has 0 bridgehead atoms. The second kappa shape index (κ2) is 8.24. The molecule has 0 aliphatic carbocycles. The highest BCUT2D eigenvalue weighted by Gasteiger charge is 2.29. The molecule has 3 aromatic carbocycles. The third-order valence-electron chi connectivity index (χ3n) is 5.30. The average molecular weight is 423 g/mol. The lowest BCUT2D eigenvalue weighted by atomic mass is 10.00. The number of hydrogen-bond donors (Lipinski definition) is 1. The zero-order chi connectivity index (χ0) is 20.4. The van der Waals surface area contributed by atoms with E-state index >= 15 is 0 Å². The zero-order valence-electron chi connectivity index (χ0n) is 15.7. The van der Waals surface area contributed by atoms with Crippen molar-refractivity contribution in [3.63, 3.8) is 0 Å². The summed E-state index contributed by atoms with van der Waals surface area (Å²) in [5.41, 5.74) is 10.9. The van der Waals surface area contributed by atoms with E-state index in [0.717, 1.165) is 31.0 Å². The topological polar surface area (TPSA) is 56.3 Å². The van der Waals surface area contributed by atoms with Crippen molar-refractivity contribution in [1.82, 2.24) is 0 Å². The SMILES string of the molecule is N#Cc1ccc(N2CCN(c3ccc(Cl)cc3N)[C@H](c3ccc(Cl)cc3)C2)cc1. The molecule has 0 radical (unpaired) electrons. The molecule has 4 nitrogen and oxygen atoms in total. The van der Waals surface area contributed by atoms with E-state index in [0.29, 0.717) is 21.3 Å². The van der Waals surface area contributed by atoms with Crippen molar-refractivity contribution in [2.45, 2.75) is 6.04 Å². The van der Waals surface area contributed by atoms with Gasteiger partial charge in [-0.3, -0.25) is 0 Å². The molecule has 0 aromatic heterocycles. The minimum absolute atomic E-state index is 0.0973. The van der Waals surface area contributed by atoms with Gasteiger partial charge in [0.15, 0.2) is 0 Å². The lowest BCUT2D eigenvalue weighted by molar-refractivity contribution is 0.540. The van der Waals surface area contributed by atoms with Gasteiger partial charge in [-0.05, 0) is 60.2 Å². The summed E-state index contributed by atoms with van der Waals surface area (Å²) in [6.45, 7) is 2.44. The Morgan fingerprint density at radius 2 is 1.59 bits per heavy atom. The number of nitrogens with zero attached hydrogens (tertiary/aromatic N) is 3. The summed E-state index contributed by atoms with van der Waals surface area (Å²) in [5, 5.41) is 10.4. The Labute approximate surface area is 180 Å². The molecule has 3 aromatic rings. The molecule has 2 N–H and O–H groups in total. The van der Waals surface area contributed by atoms with Crippen molar-refractivity contribution in [1.29, 1.82) is 5.26 Å². The summed E-state index contributed by atoms with van der Waals surface area (Å²) < 4.78 is 0. The lowest BCUT2D eigenvalue weighted by Gasteiger charge is -2.44. The average Bonchev–Trinajstić information content (AvgIpc) is 2.74. The van der Waals surface area contributed by atoms with Crippen LogP contribution in [-0.4, -0.2) is 19.6 Å². The van der Waals surface area contributed by atoms with E-state index in [4.69, 9.17) is 34.2 Å². The molecule has 0 unspecified atom stereocenters. The number of nitrogens with two attached hydrogens (primary N) is 1. The van der Waals surface area contributed by atoms with Crippen LogP contribution in [0.25, 0.3) is 0 Å². The van der Waals surface area contributed by atoms with E-state index in [1.54, 1.807) is 6.07 Å². The van der Waals surface area contributed by atoms with Gasteiger partial charge in [0.05, 0.1) is 29.0 Å². The molecule has 1 fully saturated rings. The molecule has 146 valence electrons. The van der Waals surface area contributed by atoms with Crippen LogP contribution in [0, 0.1) is 11.3 Å².